The molecule has 0 unspecified atom stereocenters. The highest BCUT2D eigenvalue weighted by molar-refractivity contribution is 7.94. The first kappa shape index (κ1) is 17.1. The summed E-state index contributed by atoms with van der Waals surface area (Å²) in [7, 11) is -3.11. The third kappa shape index (κ3) is 9.18. The summed E-state index contributed by atoms with van der Waals surface area (Å²) >= 11 is 0. The molecule has 6 heteroatoms. The Kier molecular flexibility index (Phi) is 7.16. The van der Waals surface area contributed by atoms with Gasteiger partial charge in [-0.25, -0.2) is 8.42 Å². The maximum Gasteiger partial charge on any atom is 0.208 e. The fourth-order valence-electron chi connectivity index (χ4n) is 1.54. The molecule has 0 spiro atoms. The normalized spacial score (nSPS) is 13.9. The van der Waals surface area contributed by atoms with Crippen molar-refractivity contribution in [2.75, 3.05) is 5.75 Å². The second-order valence-corrected chi connectivity index (χ2v) is 7.33. The molecule has 0 aromatic heterocycles. The number of hydrogen-bond donors (Lipinski definition) is 2. The van der Waals surface area contributed by atoms with Gasteiger partial charge in [0, 0.05) is 10.9 Å². The first-order valence-electron chi connectivity index (χ1n) is 6.03. The quantitative estimate of drug-likeness (QED) is 0.377. The molecule has 5 nitrogen and oxygen atoms in total. The van der Waals surface area contributed by atoms with Crippen LogP contribution in [-0.2, 0) is 14.6 Å². The third-order valence-corrected chi connectivity index (χ3v) is 3.67. The van der Waals surface area contributed by atoms with Crippen molar-refractivity contribution in [3.63, 3.8) is 0 Å². The van der Waals surface area contributed by atoms with Gasteiger partial charge in [-0.2, -0.15) is 0 Å². The van der Waals surface area contributed by atoms with E-state index in [9.17, 15) is 13.2 Å². The van der Waals surface area contributed by atoms with Gasteiger partial charge in [0.1, 0.15) is 0 Å². The molecule has 2 N–H and O–H groups in total. The fourth-order valence-corrected chi connectivity index (χ4v) is 2.31. The van der Waals surface area contributed by atoms with Gasteiger partial charge in [0.15, 0.2) is 9.84 Å². The topological polar surface area (TPSA) is 75.3 Å². The van der Waals surface area contributed by atoms with Gasteiger partial charge in [-0.3, -0.25) is 10.1 Å². The molecule has 0 aliphatic carbocycles. The first-order chi connectivity index (χ1) is 8.20. The van der Waals surface area contributed by atoms with Crippen molar-refractivity contribution in [1.82, 2.24) is 10.6 Å². The molecule has 0 aromatic carbocycles. The molecule has 18 heavy (non-hydrogen) atoms. The molecule has 1 amide bonds. The van der Waals surface area contributed by atoms with Gasteiger partial charge in [-0.1, -0.05) is 6.58 Å². The molecular formula is C12H24N2O3S. The first-order valence-corrected chi connectivity index (χ1v) is 7.74. The lowest BCUT2D eigenvalue weighted by atomic mass is 10.1. The van der Waals surface area contributed by atoms with Gasteiger partial charge >= 0.3 is 0 Å². The van der Waals surface area contributed by atoms with E-state index < -0.39 is 9.84 Å². The van der Waals surface area contributed by atoms with Crippen LogP contribution in [0, 0.1) is 0 Å². The summed E-state index contributed by atoms with van der Waals surface area (Å²) in [5, 5.41) is 6.93. The summed E-state index contributed by atoms with van der Waals surface area (Å²) in [6, 6.07) is 0. The highest BCUT2D eigenvalue weighted by atomic mass is 32.2. The lowest BCUT2D eigenvalue weighted by Crippen LogP contribution is -2.50. The molecule has 1 atom stereocenters. The van der Waals surface area contributed by atoms with Crippen LogP contribution in [0.1, 0.15) is 40.0 Å². The van der Waals surface area contributed by atoms with E-state index in [1.54, 1.807) is 0 Å². The van der Waals surface area contributed by atoms with Crippen LogP contribution in [0.15, 0.2) is 12.0 Å². The Balaban J connectivity index is 4.05. The van der Waals surface area contributed by atoms with Crippen molar-refractivity contribution in [1.29, 1.82) is 0 Å². The highest BCUT2D eigenvalue weighted by Gasteiger charge is 2.16. The zero-order valence-corrected chi connectivity index (χ0v) is 12.2. The zero-order chi connectivity index (χ0) is 14.2. The van der Waals surface area contributed by atoms with Gasteiger partial charge in [-0.15, -0.1) is 0 Å². The molecule has 0 heterocycles. The van der Waals surface area contributed by atoms with Crippen LogP contribution in [0.25, 0.3) is 0 Å². The summed E-state index contributed by atoms with van der Waals surface area (Å²) in [6.07, 6.45) is 2.51. The number of amides is 1. The Morgan fingerprint density at radius 1 is 1.28 bits per heavy atom. The van der Waals surface area contributed by atoms with E-state index in [1.807, 2.05) is 20.8 Å². The van der Waals surface area contributed by atoms with Crippen LogP contribution < -0.4 is 10.6 Å². The standard InChI is InChI=1S/C12H24N2O3S/c1-5-18(16,17)9-7-6-8-11(13-10-15)14-12(2,3)4/h5,10-11,14H,1,6-9H2,2-4H3,(H,13,15)/t11-/m0/s1. The van der Waals surface area contributed by atoms with Gasteiger partial charge < -0.3 is 5.32 Å². The second kappa shape index (κ2) is 7.53. The Bertz CT molecular complexity index is 358. The van der Waals surface area contributed by atoms with Crippen LogP contribution in [0.3, 0.4) is 0 Å². The summed E-state index contributed by atoms with van der Waals surface area (Å²) in [6.45, 7) is 9.29. The molecule has 0 saturated carbocycles. The summed E-state index contributed by atoms with van der Waals surface area (Å²) < 4.78 is 22.4. The Labute approximate surface area is 110 Å². The smallest absolute Gasteiger partial charge is 0.208 e. The predicted octanol–water partition coefficient (Wildman–Crippen LogP) is 1.18. The van der Waals surface area contributed by atoms with Gasteiger partial charge in [0.05, 0.1) is 11.9 Å². The number of sulfone groups is 1. The van der Waals surface area contributed by atoms with Crippen LogP contribution in [-0.4, -0.2) is 32.3 Å². The van der Waals surface area contributed by atoms with Gasteiger partial charge in [0.25, 0.3) is 0 Å². The third-order valence-electron chi connectivity index (χ3n) is 2.30. The molecule has 0 saturated heterocycles. The zero-order valence-electron chi connectivity index (χ0n) is 11.4. The molecular weight excluding hydrogens is 252 g/mol. The Morgan fingerprint density at radius 3 is 2.33 bits per heavy atom. The highest BCUT2D eigenvalue weighted by Crippen LogP contribution is 2.07. The number of nitrogens with one attached hydrogen (secondary N) is 2. The lowest BCUT2D eigenvalue weighted by Gasteiger charge is -2.28. The molecule has 0 bridgehead atoms. The maximum absolute atomic E-state index is 11.2. The van der Waals surface area contributed by atoms with E-state index in [4.69, 9.17) is 0 Å². The SMILES string of the molecule is C=CS(=O)(=O)CCCC[C@@H](NC=O)NC(C)(C)C. The average molecular weight is 276 g/mol. The van der Waals surface area contributed by atoms with Crippen molar-refractivity contribution in [2.45, 2.75) is 51.7 Å². The largest absolute Gasteiger partial charge is 0.343 e. The molecule has 0 aromatic rings. The number of unbranched alkanes of at least 4 members (excludes halogenated alkanes) is 1. The van der Waals surface area contributed by atoms with Crippen LogP contribution >= 0.6 is 0 Å². The maximum atomic E-state index is 11.2. The van der Waals surface area contributed by atoms with Crippen molar-refractivity contribution in [3.05, 3.63) is 12.0 Å². The lowest BCUT2D eigenvalue weighted by molar-refractivity contribution is -0.110. The molecule has 106 valence electrons. The average Bonchev–Trinajstić information content (AvgIpc) is 2.22. The minimum absolute atomic E-state index is 0.103. The van der Waals surface area contributed by atoms with Crippen molar-refractivity contribution in [3.8, 4) is 0 Å². The Morgan fingerprint density at radius 2 is 1.89 bits per heavy atom. The molecule has 0 fully saturated rings. The van der Waals surface area contributed by atoms with E-state index in [-0.39, 0.29) is 17.5 Å². The van der Waals surface area contributed by atoms with Crippen molar-refractivity contribution in [2.24, 2.45) is 0 Å². The van der Waals surface area contributed by atoms with Crippen molar-refractivity contribution >= 4 is 16.2 Å². The molecule has 0 rings (SSSR count). The van der Waals surface area contributed by atoms with E-state index in [0.29, 0.717) is 19.3 Å². The summed E-state index contributed by atoms with van der Waals surface area (Å²) in [5.74, 6) is 0.111. The van der Waals surface area contributed by atoms with Gasteiger partial charge in [-0.05, 0) is 40.0 Å². The predicted molar refractivity (Wildman–Crippen MR) is 73.7 cm³/mol. The second-order valence-electron chi connectivity index (χ2n) is 5.26. The number of carbonyl (C=O) groups excluding carboxylic acids is 1. The summed E-state index contributed by atoms with van der Waals surface area (Å²) in [5.41, 5.74) is -0.103. The number of carbonyl (C=O) groups is 1. The van der Waals surface area contributed by atoms with Gasteiger partial charge in [0.2, 0.25) is 6.41 Å². The van der Waals surface area contributed by atoms with E-state index in [2.05, 4.69) is 17.2 Å². The minimum atomic E-state index is -3.11. The van der Waals surface area contributed by atoms with Crippen LogP contribution in [0.4, 0.5) is 0 Å². The minimum Gasteiger partial charge on any atom is -0.343 e. The molecule has 0 aliphatic heterocycles. The number of rotatable bonds is 9. The summed E-state index contributed by atoms with van der Waals surface area (Å²) in [4.78, 5) is 10.5. The molecule has 0 aliphatic rings. The fraction of sp³-hybridized carbons (Fsp3) is 0.750. The van der Waals surface area contributed by atoms with E-state index in [0.717, 1.165) is 11.8 Å². The van der Waals surface area contributed by atoms with Crippen LogP contribution in [0.5, 0.6) is 0 Å². The Hall–Kier alpha value is -0.880. The monoisotopic (exact) mass is 276 g/mol. The molecule has 0 radical (unpaired) electrons. The van der Waals surface area contributed by atoms with E-state index >= 15 is 0 Å². The van der Waals surface area contributed by atoms with Crippen LogP contribution in [0.2, 0.25) is 0 Å². The number of hydrogen-bond acceptors (Lipinski definition) is 4. The van der Waals surface area contributed by atoms with E-state index in [1.165, 1.54) is 0 Å². The van der Waals surface area contributed by atoms with Crippen molar-refractivity contribution < 1.29 is 13.2 Å².